The van der Waals surface area contributed by atoms with Crippen LogP contribution in [-0.4, -0.2) is 35.4 Å². The number of aryl methyl sites for hydroxylation is 3. The van der Waals surface area contributed by atoms with Gasteiger partial charge in [-0.05, 0) is 68.4 Å². The van der Waals surface area contributed by atoms with Crippen LogP contribution in [0.3, 0.4) is 0 Å². The van der Waals surface area contributed by atoms with Crippen LogP contribution in [0, 0.1) is 5.41 Å². The number of unbranched alkanes of at least 4 members (excludes halogenated alkanes) is 2. The van der Waals surface area contributed by atoms with Crippen LogP contribution < -0.4 is 9.47 Å². The first-order valence-electron chi connectivity index (χ1n) is 11.7. The van der Waals surface area contributed by atoms with Gasteiger partial charge in [0.25, 0.3) is 0 Å². The van der Waals surface area contributed by atoms with Gasteiger partial charge in [0.15, 0.2) is 0 Å². The number of carbonyl (C=O) groups excluding carboxylic acids is 2. The van der Waals surface area contributed by atoms with Gasteiger partial charge >= 0.3 is 11.9 Å². The average Bonchev–Trinajstić information content (AvgIpc) is 2.83. The molecule has 0 unspecified atom stereocenters. The van der Waals surface area contributed by atoms with Crippen molar-refractivity contribution in [3.63, 3.8) is 0 Å². The fourth-order valence-corrected chi connectivity index (χ4v) is 3.19. The lowest BCUT2D eigenvalue weighted by Gasteiger charge is -2.20. The third kappa shape index (κ3) is 8.43. The smallest absolute Gasteiger partial charge is 0.341 e. The number of ether oxygens (including phenoxy) is 2. The number of hydrogen-bond acceptors (Lipinski definition) is 6. The summed E-state index contributed by atoms with van der Waals surface area (Å²) in [7, 11) is 0. The highest BCUT2D eigenvalue weighted by atomic mass is 16.5. The van der Waals surface area contributed by atoms with E-state index in [2.05, 4.69) is 37.8 Å². The number of aliphatic hydroxyl groups excluding tert-OH is 2. The average molecular weight is 469 g/mol. The number of benzene rings is 2. The minimum atomic E-state index is -1.07. The van der Waals surface area contributed by atoms with E-state index < -0.39 is 24.0 Å². The van der Waals surface area contributed by atoms with Gasteiger partial charge in [0, 0.05) is 6.07 Å². The molecule has 2 N–H and O–H groups in total. The number of rotatable bonds is 13. The molecule has 34 heavy (non-hydrogen) atoms. The molecule has 0 aromatic heterocycles. The Hall–Kier alpha value is -2.96. The van der Waals surface area contributed by atoms with E-state index in [1.807, 2.05) is 0 Å². The molecule has 0 heterocycles. The Morgan fingerprint density at radius 3 is 1.97 bits per heavy atom. The summed E-state index contributed by atoms with van der Waals surface area (Å²) in [6.45, 7) is 7.95. The van der Waals surface area contributed by atoms with Crippen molar-refractivity contribution in [2.75, 3.05) is 13.2 Å². The highest BCUT2D eigenvalue weighted by Crippen LogP contribution is 2.27. The zero-order valence-corrected chi connectivity index (χ0v) is 20.4. The molecule has 2 rings (SSSR count). The van der Waals surface area contributed by atoms with Crippen molar-refractivity contribution in [2.24, 2.45) is 5.41 Å². The Bertz CT molecular complexity index is 975. The van der Waals surface area contributed by atoms with Crippen molar-refractivity contribution >= 4 is 11.9 Å². The standard InChI is InChI=1S/C28H36O6/c1-5-6-7-8-21-9-11-22(12-10-21)13-14-23-15-24(33-26(31)20(2)18-29)17-25(16-23)34-27(32)28(3,4)19-30/h9-12,15-17,29-30H,2,5-8,13-14,18-19H2,1,3-4H3. The Morgan fingerprint density at radius 1 is 0.853 bits per heavy atom. The van der Waals surface area contributed by atoms with Crippen molar-refractivity contribution in [1.82, 2.24) is 0 Å². The zero-order valence-electron chi connectivity index (χ0n) is 20.4. The molecule has 0 aliphatic rings. The molecule has 0 aliphatic heterocycles. The molecular formula is C28H36O6. The SMILES string of the molecule is C=C(CO)C(=O)Oc1cc(CCc2ccc(CCCCC)cc2)cc(OC(=O)C(C)(C)CO)c1. The molecule has 0 amide bonds. The van der Waals surface area contributed by atoms with E-state index in [9.17, 15) is 14.7 Å². The summed E-state index contributed by atoms with van der Waals surface area (Å²) in [5.41, 5.74) is 2.17. The molecule has 0 saturated carbocycles. The van der Waals surface area contributed by atoms with E-state index >= 15 is 0 Å². The van der Waals surface area contributed by atoms with Crippen LogP contribution in [0.15, 0.2) is 54.6 Å². The molecule has 6 nitrogen and oxygen atoms in total. The van der Waals surface area contributed by atoms with Gasteiger partial charge in [-0.1, -0.05) is 50.6 Å². The van der Waals surface area contributed by atoms with Crippen molar-refractivity contribution in [1.29, 1.82) is 0 Å². The van der Waals surface area contributed by atoms with Gasteiger partial charge < -0.3 is 19.7 Å². The summed E-state index contributed by atoms with van der Waals surface area (Å²) in [4.78, 5) is 24.5. The van der Waals surface area contributed by atoms with E-state index in [1.54, 1.807) is 26.0 Å². The third-order valence-electron chi connectivity index (χ3n) is 5.58. The summed E-state index contributed by atoms with van der Waals surface area (Å²) in [6, 6.07) is 13.4. The molecule has 0 bridgehead atoms. The van der Waals surface area contributed by atoms with Crippen molar-refractivity contribution in [2.45, 2.75) is 59.3 Å². The highest BCUT2D eigenvalue weighted by molar-refractivity contribution is 5.89. The summed E-state index contributed by atoms with van der Waals surface area (Å²) in [5.74, 6) is -0.949. The van der Waals surface area contributed by atoms with Crippen LogP contribution in [0.5, 0.6) is 11.5 Å². The first-order chi connectivity index (χ1) is 16.2. The monoisotopic (exact) mass is 468 g/mol. The molecular weight excluding hydrogens is 432 g/mol. The second-order valence-corrected chi connectivity index (χ2v) is 9.17. The zero-order chi connectivity index (χ0) is 25.1. The summed E-state index contributed by atoms with van der Waals surface area (Å²) in [6.07, 6.45) is 6.10. The molecule has 0 radical (unpaired) electrons. The Kier molecular flexibility index (Phi) is 10.5. The maximum absolute atomic E-state index is 12.4. The molecule has 0 aliphatic carbocycles. The van der Waals surface area contributed by atoms with Gasteiger partial charge in [-0.25, -0.2) is 4.79 Å². The van der Waals surface area contributed by atoms with Crippen molar-refractivity contribution in [3.8, 4) is 11.5 Å². The third-order valence-corrected chi connectivity index (χ3v) is 5.58. The van der Waals surface area contributed by atoms with Gasteiger partial charge in [-0.2, -0.15) is 0 Å². The Morgan fingerprint density at radius 2 is 1.41 bits per heavy atom. The first kappa shape index (κ1) is 27.3. The van der Waals surface area contributed by atoms with Crippen LogP contribution >= 0.6 is 0 Å². The van der Waals surface area contributed by atoms with Crippen LogP contribution in [0.1, 0.15) is 56.7 Å². The lowest BCUT2D eigenvalue weighted by Crippen LogP contribution is -2.32. The maximum atomic E-state index is 12.4. The van der Waals surface area contributed by atoms with Gasteiger partial charge in [-0.3, -0.25) is 4.79 Å². The molecule has 6 heteroatoms. The van der Waals surface area contributed by atoms with Crippen LogP contribution in [0.4, 0.5) is 0 Å². The summed E-state index contributed by atoms with van der Waals surface area (Å²) in [5, 5.41) is 18.6. The van der Waals surface area contributed by atoms with Gasteiger partial charge in [-0.15, -0.1) is 0 Å². The molecule has 2 aromatic rings. The number of esters is 2. The van der Waals surface area contributed by atoms with Gasteiger partial charge in [0.2, 0.25) is 0 Å². The molecule has 0 atom stereocenters. The van der Waals surface area contributed by atoms with E-state index in [-0.39, 0.29) is 23.7 Å². The minimum absolute atomic E-state index is 0.0793. The van der Waals surface area contributed by atoms with Crippen LogP contribution in [0.25, 0.3) is 0 Å². The molecule has 2 aromatic carbocycles. The van der Waals surface area contributed by atoms with E-state index in [4.69, 9.17) is 14.6 Å². The second kappa shape index (κ2) is 13.1. The Balaban J connectivity index is 2.17. The second-order valence-electron chi connectivity index (χ2n) is 9.17. The predicted molar refractivity (Wildman–Crippen MR) is 132 cm³/mol. The highest BCUT2D eigenvalue weighted by Gasteiger charge is 2.29. The van der Waals surface area contributed by atoms with Crippen LogP contribution in [0.2, 0.25) is 0 Å². The largest absolute Gasteiger partial charge is 0.426 e. The molecule has 0 saturated heterocycles. The predicted octanol–water partition coefficient (Wildman–Crippen LogP) is 4.58. The molecule has 0 spiro atoms. The normalized spacial score (nSPS) is 11.2. The van der Waals surface area contributed by atoms with Gasteiger partial charge in [0.05, 0.1) is 24.2 Å². The first-order valence-corrected chi connectivity index (χ1v) is 11.7. The lowest BCUT2D eigenvalue weighted by molar-refractivity contribution is -0.146. The molecule has 184 valence electrons. The number of carbonyl (C=O) groups is 2. The Labute approximate surface area is 202 Å². The summed E-state index contributed by atoms with van der Waals surface area (Å²) >= 11 is 0. The van der Waals surface area contributed by atoms with E-state index in [0.717, 1.165) is 18.4 Å². The van der Waals surface area contributed by atoms with Crippen molar-refractivity contribution in [3.05, 3.63) is 71.3 Å². The quantitative estimate of drug-likeness (QED) is 0.193. The van der Waals surface area contributed by atoms with E-state index in [1.165, 1.54) is 36.5 Å². The number of hydrogen-bond donors (Lipinski definition) is 2. The fraction of sp³-hybridized carbons (Fsp3) is 0.429. The summed E-state index contributed by atoms with van der Waals surface area (Å²) < 4.78 is 10.8. The van der Waals surface area contributed by atoms with E-state index in [0.29, 0.717) is 6.42 Å². The van der Waals surface area contributed by atoms with Crippen molar-refractivity contribution < 1.29 is 29.3 Å². The van der Waals surface area contributed by atoms with Gasteiger partial charge in [0.1, 0.15) is 11.5 Å². The molecule has 0 fully saturated rings. The topological polar surface area (TPSA) is 93.1 Å². The van der Waals surface area contributed by atoms with Crippen LogP contribution in [-0.2, 0) is 28.9 Å². The fourth-order valence-electron chi connectivity index (χ4n) is 3.19. The minimum Gasteiger partial charge on any atom is -0.426 e. The lowest BCUT2D eigenvalue weighted by atomic mass is 9.95. The number of aliphatic hydroxyl groups is 2. The maximum Gasteiger partial charge on any atom is 0.341 e.